The third-order valence-corrected chi connectivity index (χ3v) is 5.21. The number of likely N-dealkylation sites (tertiary alicyclic amines) is 1. The Bertz CT molecular complexity index is 709. The summed E-state index contributed by atoms with van der Waals surface area (Å²) in [6.07, 6.45) is 2.68. The van der Waals surface area contributed by atoms with Gasteiger partial charge in [0.1, 0.15) is 0 Å². The van der Waals surface area contributed by atoms with Gasteiger partial charge in [-0.2, -0.15) is 0 Å². The molecule has 0 aromatic heterocycles. The lowest BCUT2D eigenvalue weighted by atomic mass is 10.0. The maximum Gasteiger partial charge on any atom is 0.340 e. The summed E-state index contributed by atoms with van der Waals surface area (Å²) in [4.78, 5) is 26.7. The fourth-order valence-electron chi connectivity index (χ4n) is 3.46. The molecule has 9 heteroatoms. The SMILES string of the molecule is COC(=O)c1cc(Cl)cc(Cl)c1NC(=O)CN1CCCCC1C1OCCO1. The van der Waals surface area contributed by atoms with Crippen LogP contribution in [-0.2, 0) is 19.0 Å². The highest BCUT2D eigenvalue weighted by molar-refractivity contribution is 6.37. The van der Waals surface area contributed by atoms with Gasteiger partial charge < -0.3 is 19.5 Å². The quantitative estimate of drug-likeness (QED) is 0.743. The molecule has 0 bridgehead atoms. The Kier molecular flexibility index (Phi) is 6.94. The predicted molar refractivity (Wildman–Crippen MR) is 101 cm³/mol. The maximum atomic E-state index is 12.7. The predicted octanol–water partition coefficient (Wildman–Crippen LogP) is 2.95. The average Bonchev–Trinajstić information content (AvgIpc) is 3.18. The van der Waals surface area contributed by atoms with E-state index < -0.39 is 5.97 Å². The Morgan fingerprint density at radius 1 is 1.26 bits per heavy atom. The van der Waals surface area contributed by atoms with Gasteiger partial charge in [-0.1, -0.05) is 29.6 Å². The largest absolute Gasteiger partial charge is 0.465 e. The number of nitrogens with zero attached hydrogens (tertiary/aromatic N) is 1. The number of rotatable bonds is 5. The molecule has 27 heavy (non-hydrogen) atoms. The zero-order chi connectivity index (χ0) is 19.4. The van der Waals surface area contributed by atoms with Gasteiger partial charge >= 0.3 is 5.97 Å². The van der Waals surface area contributed by atoms with E-state index in [1.54, 1.807) is 0 Å². The smallest absolute Gasteiger partial charge is 0.340 e. The number of hydrogen-bond acceptors (Lipinski definition) is 6. The van der Waals surface area contributed by atoms with Crippen LogP contribution in [0.4, 0.5) is 5.69 Å². The topological polar surface area (TPSA) is 77.1 Å². The molecule has 1 aromatic rings. The summed E-state index contributed by atoms with van der Waals surface area (Å²) in [5.74, 6) is -0.910. The highest BCUT2D eigenvalue weighted by atomic mass is 35.5. The standard InChI is InChI=1S/C18H22Cl2N2O5/c1-25-17(24)12-8-11(19)9-13(20)16(12)21-15(23)10-22-5-3-2-4-14(22)18-26-6-7-27-18/h8-9,14,18H,2-7,10H2,1H3,(H,21,23). The van der Waals surface area contributed by atoms with Crippen molar-refractivity contribution in [2.75, 3.05) is 38.7 Å². The van der Waals surface area contributed by atoms with Crippen molar-refractivity contribution in [3.63, 3.8) is 0 Å². The van der Waals surface area contributed by atoms with E-state index in [2.05, 4.69) is 10.2 Å². The molecule has 2 heterocycles. The first-order chi connectivity index (χ1) is 13.0. The van der Waals surface area contributed by atoms with Crippen LogP contribution in [0.3, 0.4) is 0 Å². The Hall–Kier alpha value is -1.38. The number of anilines is 1. The summed E-state index contributed by atoms with van der Waals surface area (Å²) in [6, 6.07) is 2.92. The number of halogens is 2. The summed E-state index contributed by atoms with van der Waals surface area (Å²) in [7, 11) is 1.25. The fraction of sp³-hybridized carbons (Fsp3) is 0.556. The van der Waals surface area contributed by atoms with Crippen LogP contribution in [0.5, 0.6) is 0 Å². The first kappa shape index (κ1) is 20.4. The number of piperidine rings is 1. The van der Waals surface area contributed by atoms with Crippen molar-refractivity contribution in [2.24, 2.45) is 0 Å². The van der Waals surface area contributed by atoms with Crippen molar-refractivity contribution in [1.82, 2.24) is 4.90 Å². The molecular formula is C18H22Cl2N2O5. The van der Waals surface area contributed by atoms with Gasteiger partial charge in [0.25, 0.3) is 0 Å². The van der Waals surface area contributed by atoms with Crippen LogP contribution in [0, 0.1) is 0 Å². The molecule has 0 aliphatic carbocycles. The third kappa shape index (κ3) is 4.92. The van der Waals surface area contributed by atoms with E-state index in [1.165, 1.54) is 19.2 Å². The van der Waals surface area contributed by atoms with Gasteiger partial charge in [0.05, 0.1) is 49.2 Å². The number of hydrogen-bond donors (Lipinski definition) is 1. The number of esters is 1. The van der Waals surface area contributed by atoms with Crippen LogP contribution < -0.4 is 5.32 Å². The Labute approximate surface area is 167 Å². The minimum atomic E-state index is -0.627. The zero-order valence-corrected chi connectivity index (χ0v) is 16.5. The zero-order valence-electron chi connectivity index (χ0n) is 15.0. The molecule has 1 aromatic carbocycles. The van der Waals surface area contributed by atoms with Gasteiger partial charge in [0, 0.05) is 5.02 Å². The maximum absolute atomic E-state index is 12.7. The third-order valence-electron chi connectivity index (χ3n) is 4.70. The summed E-state index contributed by atoms with van der Waals surface area (Å²) in [5.41, 5.74) is 0.306. The van der Waals surface area contributed by atoms with Crippen molar-refractivity contribution >= 4 is 40.8 Å². The molecule has 2 fully saturated rings. The van der Waals surface area contributed by atoms with E-state index in [1.807, 2.05) is 0 Å². The second-order valence-electron chi connectivity index (χ2n) is 6.49. The van der Waals surface area contributed by atoms with Crippen molar-refractivity contribution in [3.05, 3.63) is 27.7 Å². The van der Waals surface area contributed by atoms with Gasteiger partial charge in [-0.25, -0.2) is 4.79 Å². The van der Waals surface area contributed by atoms with Gasteiger partial charge in [-0.05, 0) is 31.5 Å². The number of benzene rings is 1. The number of amides is 1. The highest BCUT2D eigenvalue weighted by Crippen LogP contribution is 2.31. The molecule has 0 saturated carbocycles. The monoisotopic (exact) mass is 416 g/mol. The van der Waals surface area contributed by atoms with Crippen molar-refractivity contribution in [1.29, 1.82) is 0 Å². The molecule has 2 aliphatic heterocycles. The Morgan fingerprint density at radius 3 is 2.70 bits per heavy atom. The van der Waals surface area contributed by atoms with Crippen molar-refractivity contribution in [3.8, 4) is 0 Å². The number of carbonyl (C=O) groups excluding carboxylic acids is 2. The minimum absolute atomic E-state index is 0.0350. The minimum Gasteiger partial charge on any atom is -0.465 e. The van der Waals surface area contributed by atoms with E-state index in [0.717, 1.165) is 25.8 Å². The number of carbonyl (C=O) groups is 2. The molecule has 1 unspecified atom stereocenters. The van der Waals surface area contributed by atoms with Crippen molar-refractivity contribution in [2.45, 2.75) is 31.6 Å². The molecule has 7 nitrogen and oxygen atoms in total. The molecule has 0 radical (unpaired) electrons. The first-order valence-electron chi connectivity index (χ1n) is 8.84. The molecule has 1 atom stereocenters. The number of methoxy groups -OCH3 is 1. The molecule has 1 amide bonds. The summed E-state index contributed by atoms with van der Waals surface area (Å²) in [6.45, 7) is 2.07. The van der Waals surface area contributed by atoms with E-state index in [-0.39, 0.29) is 46.1 Å². The Balaban J connectivity index is 1.72. The highest BCUT2D eigenvalue weighted by Gasteiger charge is 2.34. The van der Waals surface area contributed by atoms with Crippen molar-refractivity contribution < 1.29 is 23.8 Å². The van der Waals surface area contributed by atoms with E-state index >= 15 is 0 Å². The summed E-state index contributed by atoms with van der Waals surface area (Å²) in [5, 5.41) is 3.18. The van der Waals surface area contributed by atoms with Gasteiger partial charge in [-0.3, -0.25) is 9.69 Å². The van der Waals surface area contributed by atoms with Crippen LogP contribution in [-0.4, -0.2) is 62.5 Å². The molecule has 148 valence electrons. The average molecular weight is 417 g/mol. The van der Waals surface area contributed by atoms with E-state index in [0.29, 0.717) is 13.2 Å². The van der Waals surface area contributed by atoms with Crippen LogP contribution >= 0.6 is 23.2 Å². The number of nitrogens with one attached hydrogen (secondary N) is 1. The van der Waals surface area contributed by atoms with Crippen LogP contribution in [0.2, 0.25) is 10.0 Å². The van der Waals surface area contributed by atoms with E-state index in [9.17, 15) is 9.59 Å². The van der Waals surface area contributed by atoms with Crippen LogP contribution in [0.25, 0.3) is 0 Å². The van der Waals surface area contributed by atoms with Crippen LogP contribution in [0.1, 0.15) is 29.6 Å². The van der Waals surface area contributed by atoms with E-state index in [4.69, 9.17) is 37.4 Å². The van der Waals surface area contributed by atoms with Gasteiger partial charge in [-0.15, -0.1) is 0 Å². The van der Waals surface area contributed by atoms with Crippen LogP contribution in [0.15, 0.2) is 12.1 Å². The number of ether oxygens (including phenoxy) is 3. The molecule has 0 spiro atoms. The fourth-order valence-corrected chi connectivity index (χ4v) is 4.00. The second kappa shape index (κ2) is 9.21. The lowest BCUT2D eigenvalue weighted by molar-refractivity contribution is -0.127. The van der Waals surface area contributed by atoms with Gasteiger partial charge in [0.2, 0.25) is 5.91 Å². The molecule has 1 N–H and O–H groups in total. The lowest BCUT2D eigenvalue weighted by Crippen LogP contribution is -2.50. The second-order valence-corrected chi connectivity index (χ2v) is 7.34. The normalized spacial score (nSPS) is 21.2. The van der Waals surface area contributed by atoms with Gasteiger partial charge in [0.15, 0.2) is 6.29 Å². The lowest BCUT2D eigenvalue weighted by Gasteiger charge is -2.37. The molecule has 2 aliphatic rings. The summed E-state index contributed by atoms with van der Waals surface area (Å²) < 4.78 is 16.0. The first-order valence-corrected chi connectivity index (χ1v) is 9.59. The molecule has 2 saturated heterocycles. The molecular weight excluding hydrogens is 395 g/mol. The molecule has 3 rings (SSSR count). The Morgan fingerprint density at radius 2 is 2.00 bits per heavy atom. The summed E-state index contributed by atoms with van der Waals surface area (Å²) >= 11 is 12.2.